The van der Waals surface area contributed by atoms with Gasteiger partial charge in [0.25, 0.3) is 0 Å². The molecule has 0 amide bonds. The van der Waals surface area contributed by atoms with E-state index >= 15 is 0 Å². The molecule has 0 unspecified atom stereocenters. The van der Waals surface area contributed by atoms with Gasteiger partial charge in [-0.1, -0.05) is 12.1 Å². The van der Waals surface area contributed by atoms with Gasteiger partial charge in [-0.15, -0.1) is 0 Å². The van der Waals surface area contributed by atoms with Gasteiger partial charge in [-0.25, -0.2) is 8.78 Å². The Morgan fingerprint density at radius 2 is 2.15 bits per heavy atom. The van der Waals surface area contributed by atoms with Crippen molar-refractivity contribution in [3.05, 3.63) is 35.1 Å². The molecule has 13 heavy (non-hydrogen) atoms. The molecule has 0 aromatic heterocycles. The number of benzene rings is 1. The van der Waals surface area contributed by atoms with Gasteiger partial charge < -0.3 is 5.11 Å². The number of halogens is 2. The molecule has 1 N–H and O–H groups in total. The molecular formula is C9H8F2O2. The zero-order chi connectivity index (χ0) is 9.84. The Labute approximate surface area is 73.8 Å². The molecule has 0 heterocycles. The summed E-state index contributed by atoms with van der Waals surface area (Å²) in [6, 6.07) is 3.71. The van der Waals surface area contributed by atoms with E-state index in [9.17, 15) is 13.6 Å². The smallest absolute Gasteiger partial charge is 0.307 e. The first kappa shape index (κ1) is 9.64. The van der Waals surface area contributed by atoms with Crippen molar-refractivity contribution < 1.29 is 18.7 Å². The highest BCUT2D eigenvalue weighted by molar-refractivity contribution is 5.70. The van der Waals surface area contributed by atoms with Crippen LogP contribution in [-0.4, -0.2) is 11.1 Å². The highest BCUT2D eigenvalue weighted by atomic mass is 19.1. The maximum atomic E-state index is 12.9. The Morgan fingerprint density at radius 3 is 2.62 bits per heavy atom. The first-order valence-corrected chi connectivity index (χ1v) is 3.68. The number of carboxylic acid groups (broad SMARTS) is 1. The molecule has 0 aliphatic heterocycles. The number of rotatable bonds is 3. The molecule has 1 rings (SSSR count). The second kappa shape index (κ2) is 3.98. The molecule has 0 saturated carbocycles. The first-order valence-electron chi connectivity index (χ1n) is 3.68. The molecule has 0 aliphatic rings. The largest absolute Gasteiger partial charge is 0.481 e. The molecule has 1 aromatic rings. The molecule has 0 saturated heterocycles. The summed E-state index contributed by atoms with van der Waals surface area (Å²) >= 11 is 0. The number of hydrogen-bond acceptors (Lipinski definition) is 1. The van der Waals surface area contributed by atoms with Crippen molar-refractivity contribution in [2.24, 2.45) is 0 Å². The molecule has 0 fully saturated rings. The van der Waals surface area contributed by atoms with E-state index in [1.54, 1.807) is 0 Å². The van der Waals surface area contributed by atoms with E-state index in [1.165, 1.54) is 12.1 Å². The third-order valence-corrected chi connectivity index (χ3v) is 1.62. The summed E-state index contributed by atoms with van der Waals surface area (Å²) in [5.41, 5.74) is 0.288. The standard InChI is InChI=1S/C9H8F2O2/c10-5-7-2-1-6(3-8(7)11)4-9(12)13/h1-3H,4-5H2,(H,12,13). The lowest BCUT2D eigenvalue weighted by molar-refractivity contribution is -0.136. The Balaban J connectivity index is 2.89. The van der Waals surface area contributed by atoms with Crippen LogP contribution in [0.2, 0.25) is 0 Å². The lowest BCUT2D eigenvalue weighted by Crippen LogP contribution is -2.01. The van der Waals surface area contributed by atoms with Gasteiger partial charge in [-0.3, -0.25) is 4.79 Å². The third kappa shape index (κ3) is 2.50. The van der Waals surface area contributed by atoms with Crippen LogP contribution in [0.25, 0.3) is 0 Å². The Morgan fingerprint density at radius 1 is 1.46 bits per heavy atom. The quantitative estimate of drug-likeness (QED) is 0.783. The average Bonchev–Trinajstić information content (AvgIpc) is 2.03. The van der Waals surface area contributed by atoms with Gasteiger partial charge in [0.05, 0.1) is 6.42 Å². The molecule has 0 aliphatic carbocycles. The predicted octanol–water partition coefficient (Wildman–Crippen LogP) is 1.92. The number of carbonyl (C=O) groups is 1. The van der Waals surface area contributed by atoms with Gasteiger partial charge in [0, 0.05) is 5.56 Å². The SMILES string of the molecule is O=C(O)Cc1ccc(CF)c(F)c1. The van der Waals surface area contributed by atoms with Gasteiger partial charge in [0.15, 0.2) is 0 Å². The maximum absolute atomic E-state index is 12.9. The van der Waals surface area contributed by atoms with Crippen LogP contribution in [0, 0.1) is 5.82 Å². The maximum Gasteiger partial charge on any atom is 0.307 e. The summed E-state index contributed by atoms with van der Waals surface area (Å²) < 4.78 is 24.9. The Kier molecular flexibility index (Phi) is 2.95. The highest BCUT2D eigenvalue weighted by Crippen LogP contribution is 2.11. The van der Waals surface area contributed by atoms with Crippen LogP contribution < -0.4 is 0 Å². The van der Waals surface area contributed by atoms with E-state index in [0.29, 0.717) is 5.56 Å². The summed E-state index contributed by atoms with van der Waals surface area (Å²) in [7, 11) is 0. The fourth-order valence-electron chi connectivity index (χ4n) is 0.984. The van der Waals surface area contributed by atoms with Crippen molar-refractivity contribution in [3.63, 3.8) is 0 Å². The van der Waals surface area contributed by atoms with E-state index in [1.807, 2.05) is 0 Å². The summed E-state index contributed by atoms with van der Waals surface area (Å²) in [5, 5.41) is 8.39. The van der Waals surface area contributed by atoms with E-state index in [0.717, 1.165) is 6.07 Å². The minimum absolute atomic E-state index is 0.0471. The monoisotopic (exact) mass is 186 g/mol. The number of aliphatic carboxylic acids is 1. The zero-order valence-electron chi connectivity index (χ0n) is 6.76. The minimum atomic E-state index is -1.03. The molecule has 4 heteroatoms. The fraction of sp³-hybridized carbons (Fsp3) is 0.222. The second-order valence-electron chi connectivity index (χ2n) is 2.63. The summed E-state index contributed by atoms with van der Waals surface area (Å²) in [6.07, 6.45) is -0.247. The molecular weight excluding hydrogens is 178 g/mol. The summed E-state index contributed by atoms with van der Waals surface area (Å²) in [6.45, 7) is -0.876. The van der Waals surface area contributed by atoms with Crippen molar-refractivity contribution in [1.82, 2.24) is 0 Å². The molecule has 70 valence electrons. The van der Waals surface area contributed by atoms with E-state index < -0.39 is 18.5 Å². The third-order valence-electron chi connectivity index (χ3n) is 1.62. The number of alkyl halides is 1. The van der Waals surface area contributed by atoms with Crippen molar-refractivity contribution in [2.45, 2.75) is 13.1 Å². The van der Waals surface area contributed by atoms with Crippen molar-refractivity contribution >= 4 is 5.97 Å². The lowest BCUT2D eigenvalue weighted by atomic mass is 10.1. The molecule has 0 radical (unpaired) electrons. The van der Waals surface area contributed by atoms with Crippen LogP contribution in [0.5, 0.6) is 0 Å². The Bertz CT molecular complexity index is 323. The van der Waals surface area contributed by atoms with Crippen molar-refractivity contribution in [3.8, 4) is 0 Å². The van der Waals surface area contributed by atoms with Crippen LogP contribution in [0.4, 0.5) is 8.78 Å². The molecule has 0 bridgehead atoms. The van der Waals surface area contributed by atoms with Gasteiger partial charge in [0.2, 0.25) is 0 Å². The second-order valence-corrected chi connectivity index (χ2v) is 2.63. The zero-order valence-corrected chi connectivity index (χ0v) is 6.76. The Hall–Kier alpha value is -1.45. The van der Waals surface area contributed by atoms with Gasteiger partial charge >= 0.3 is 5.97 Å². The summed E-state index contributed by atoms with van der Waals surface area (Å²) in [5.74, 6) is -1.73. The van der Waals surface area contributed by atoms with E-state index in [2.05, 4.69) is 0 Å². The van der Waals surface area contributed by atoms with E-state index in [-0.39, 0.29) is 12.0 Å². The molecule has 0 atom stereocenters. The van der Waals surface area contributed by atoms with Crippen LogP contribution >= 0.6 is 0 Å². The van der Waals surface area contributed by atoms with Crippen molar-refractivity contribution in [2.75, 3.05) is 0 Å². The van der Waals surface area contributed by atoms with Crippen LogP contribution in [0.3, 0.4) is 0 Å². The lowest BCUT2D eigenvalue weighted by Gasteiger charge is -2.00. The average molecular weight is 186 g/mol. The summed E-state index contributed by atoms with van der Waals surface area (Å²) in [4.78, 5) is 10.2. The molecule has 1 aromatic carbocycles. The highest BCUT2D eigenvalue weighted by Gasteiger charge is 2.05. The topological polar surface area (TPSA) is 37.3 Å². The van der Waals surface area contributed by atoms with E-state index in [4.69, 9.17) is 5.11 Å². The van der Waals surface area contributed by atoms with Gasteiger partial charge in [0.1, 0.15) is 12.5 Å². The number of carboxylic acids is 1. The molecule has 0 spiro atoms. The first-order chi connectivity index (χ1) is 6.13. The van der Waals surface area contributed by atoms with Crippen LogP contribution in [-0.2, 0) is 17.9 Å². The van der Waals surface area contributed by atoms with Crippen LogP contribution in [0.1, 0.15) is 11.1 Å². The molecule has 2 nitrogen and oxygen atoms in total. The minimum Gasteiger partial charge on any atom is -0.481 e. The fourth-order valence-corrected chi connectivity index (χ4v) is 0.984. The number of hydrogen-bond donors (Lipinski definition) is 1. The normalized spacial score (nSPS) is 10.0. The predicted molar refractivity (Wildman–Crippen MR) is 42.6 cm³/mol. The van der Waals surface area contributed by atoms with Crippen LogP contribution in [0.15, 0.2) is 18.2 Å². The van der Waals surface area contributed by atoms with Gasteiger partial charge in [-0.2, -0.15) is 0 Å². The van der Waals surface area contributed by atoms with Crippen molar-refractivity contribution in [1.29, 1.82) is 0 Å². The van der Waals surface area contributed by atoms with Gasteiger partial charge in [-0.05, 0) is 11.6 Å².